The zero-order valence-corrected chi connectivity index (χ0v) is 21.7. The van der Waals surface area contributed by atoms with Crippen LogP contribution in [0.4, 0.5) is 26.2 Å². The number of hydrogen-bond donors (Lipinski definition) is 2. The number of anilines is 3. The van der Waals surface area contributed by atoms with Crippen molar-refractivity contribution >= 4 is 17.5 Å². The molecule has 2 saturated heterocycles. The van der Waals surface area contributed by atoms with Gasteiger partial charge in [-0.1, -0.05) is 6.92 Å². The predicted molar refractivity (Wildman–Crippen MR) is 136 cm³/mol. The number of benzene rings is 1. The van der Waals surface area contributed by atoms with E-state index in [0.29, 0.717) is 23.5 Å². The summed E-state index contributed by atoms with van der Waals surface area (Å²) in [5.41, 5.74) is 1.79. The fourth-order valence-corrected chi connectivity index (χ4v) is 6.24. The first-order valence-corrected chi connectivity index (χ1v) is 13.1. The van der Waals surface area contributed by atoms with Crippen LogP contribution in [0, 0.1) is 24.5 Å². The molecule has 2 aliphatic heterocycles. The average Bonchev–Trinajstić information content (AvgIpc) is 3.40. The predicted octanol–water partition coefficient (Wildman–Crippen LogP) is 4.72. The second kappa shape index (κ2) is 8.97. The first-order valence-electron chi connectivity index (χ1n) is 13.1. The number of rotatable bonds is 6. The van der Waals surface area contributed by atoms with Crippen molar-refractivity contribution in [2.24, 2.45) is 5.92 Å². The monoisotopic (exact) mass is 509 g/mol. The Morgan fingerprint density at radius 2 is 1.92 bits per heavy atom. The Labute approximate surface area is 215 Å². The summed E-state index contributed by atoms with van der Waals surface area (Å²) in [4.78, 5) is 11.1. The third-order valence-corrected chi connectivity index (χ3v) is 8.34. The molecule has 0 amide bonds. The maximum absolute atomic E-state index is 15.2. The summed E-state index contributed by atoms with van der Waals surface area (Å²) in [6.45, 7) is 9.66. The van der Waals surface area contributed by atoms with Crippen LogP contribution in [0.1, 0.15) is 70.2 Å². The van der Waals surface area contributed by atoms with Crippen molar-refractivity contribution in [3.8, 4) is 5.69 Å². The van der Waals surface area contributed by atoms with Crippen molar-refractivity contribution in [3.63, 3.8) is 0 Å². The zero-order valence-electron chi connectivity index (χ0n) is 21.7. The van der Waals surface area contributed by atoms with Gasteiger partial charge in [-0.25, -0.2) is 13.8 Å². The molecule has 3 atom stereocenters. The fourth-order valence-electron chi connectivity index (χ4n) is 6.24. The Morgan fingerprint density at radius 1 is 1.11 bits per heavy atom. The quantitative estimate of drug-likeness (QED) is 0.493. The Balaban J connectivity index is 1.28. The molecule has 2 aromatic heterocycles. The first kappa shape index (κ1) is 24.1. The van der Waals surface area contributed by atoms with Crippen molar-refractivity contribution in [1.82, 2.24) is 35.1 Å². The maximum atomic E-state index is 15.2. The lowest BCUT2D eigenvalue weighted by atomic mass is 9.77. The number of piperidine rings is 1. The summed E-state index contributed by atoms with van der Waals surface area (Å²) >= 11 is 0. The summed E-state index contributed by atoms with van der Waals surface area (Å²) in [7, 11) is 0. The Kier molecular flexibility index (Phi) is 5.85. The van der Waals surface area contributed by atoms with Crippen LogP contribution in [-0.4, -0.2) is 59.2 Å². The topological polar surface area (TPSA) is 96.7 Å². The van der Waals surface area contributed by atoms with Crippen molar-refractivity contribution in [2.45, 2.75) is 83.3 Å². The van der Waals surface area contributed by atoms with E-state index in [1.165, 1.54) is 12.5 Å². The molecule has 4 heterocycles. The minimum absolute atomic E-state index is 0.0209. The highest BCUT2D eigenvalue weighted by atomic mass is 19.1. The van der Waals surface area contributed by atoms with E-state index in [1.807, 2.05) is 0 Å². The van der Waals surface area contributed by atoms with Gasteiger partial charge in [-0.2, -0.15) is 9.67 Å². The van der Waals surface area contributed by atoms with E-state index >= 15 is 4.39 Å². The molecular weight excluding hydrogens is 476 g/mol. The van der Waals surface area contributed by atoms with Crippen LogP contribution in [0.5, 0.6) is 0 Å². The minimum Gasteiger partial charge on any atom is -0.364 e. The molecule has 1 saturated carbocycles. The van der Waals surface area contributed by atoms with Gasteiger partial charge >= 0.3 is 0 Å². The molecule has 6 rings (SSSR count). The van der Waals surface area contributed by atoms with Gasteiger partial charge in [-0.3, -0.25) is 4.90 Å². The second-order valence-electron chi connectivity index (χ2n) is 11.3. The molecule has 3 aliphatic rings. The molecule has 0 radical (unpaired) electrons. The highest BCUT2D eigenvalue weighted by molar-refractivity contribution is 5.63. The van der Waals surface area contributed by atoms with Crippen LogP contribution in [0.2, 0.25) is 0 Å². The SMILES string of the molecule is Cc1nnnn1-c1cc(Nc2ncc(F)c(NC3CC(C)(C)N4CCCC4C3C)n2)c(F)cc1C1CC1. The largest absolute Gasteiger partial charge is 0.364 e. The highest BCUT2D eigenvalue weighted by Gasteiger charge is 2.47. The van der Waals surface area contributed by atoms with Crippen LogP contribution in [0.3, 0.4) is 0 Å². The summed E-state index contributed by atoms with van der Waals surface area (Å²) in [5.74, 6) is 0.527. The van der Waals surface area contributed by atoms with Crippen LogP contribution in [0.25, 0.3) is 5.69 Å². The minimum atomic E-state index is -0.529. The summed E-state index contributed by atoms with van der Waals surface area (Å²) in [6, 6.07) is 3.73. The summed E-state index contributed by atoms with van der Waals surface area (Å²) < 4.78 is 31.6. The number of fused-ring (bicyclic) bond motifs is 1. The van der Waals surface area contributed by atoms with Gasteiger partial charge in [0.25, 0.3) is 0 Å². The van der Waals surface area contributed by atoms with E-state index in [-0.39, 0.29) is 35.0 Å². The van der Waals surface area contributed by atoms with Crippen LogP contribution >= 0.6 is 0 Å². The molecule has 1 aromatic carbocycles. The van der Waals surface area contributed by atoms with Gasteiger partial charge in [0.1, 0.15) is 5.82 Å². The van der Waals surface area contributed by atoms with Crippen molar-refractivity contribution in [2.75, 3.05) is 17.2 Å². The van der Waals surface area contributed by atoms with Crippen molar-refractivity contribution in [3.05, 3.63) is 41.4 Å². The molecule has 3 unspecified atom stereocenters. The van der Waals surface area contributed by atoms with Gasteiger partial charge in [0, 0.05) is 17.6 Å². The lowest BCUT2D eigenvalue weighted by molar-refractivity contribution is 0.0164. The van der Waals surface area contributed by atoms with Crippen molar-refractivity contribution < 1.29 is 8.78 Å². The number of aromatic nitrogens is 6. The standard InChI is InChI=1S/C26H33F2N9/c1-14-21(12-26(3,4)36-9-5-6-22(14)36)30-24-19(28)13-29-25(32-24)31-20-11-23(37-15(2)33-34-35-37)17(10-18(20)27)16-7-8-16/h10-11,13-14,16,21-22H,5-9,12H2,1-4H3,(H2,29,30,31,32). The number of nitrogens with zero attached hydrogens (tertiary/aromatic N) is 7. The van der Waals surface area contributed by atoms with E-state index in [2.05, 4.69) is 61.8 Å². The van der Waals surface area contributed by atoms with Gasteiger partial charge in [0.15, 0.2) is 17.5 Å². The third kappa shape index (κ3) is 4.43. The molecule has 37 heavy (non-hydrogen) atoms. The van der Waals surface area contributed by atoms with E-state index < -0.39 is 11.6 Å². The van der Waals surface area contributed by atoms with Gasteiger partial charge in [-0.15, -0.1) is 5.10 Å². The number of tetrazole rings is 1. The summed E-state index contributed by atoms with van der Waals surface area (Å²) in [5, 5.41) is 18.1. The van der Waals surface area contributed by atoms with Crippen LogP contribution in [0.15, 0.2) is 18.3 Å². The van der Waals surface area contributed by atoms with Gasteiger partial charge in [-0.05, 0) is 99.4 Å². The number of aryl methyl sites for hydroxylation is 1. The lowest BCUT2D eigenvalue weighted by Crippen LogP contribution is -2.59. The summed E-state index contributed by atoms with van der Waals surface area (Å²) in [6.07, 6.45) is 6.36. The molecule has 0 bridgehead atoms. The molecule has 0 spiro atoms. The van der Waals surface area contributed by atoms with Gasteiger partial charge < -0.3 is 10.6 Å². The van der Waals surface area contributed by atoms with E-state index in [1.54, 1.807) is 17.7 Å². The second-order valence-corrected chi connectivity index (χ2v) is 11.3. The number of nitrogens with one attached hydrogen (secondary N) is 2. The Hall–Kier alpha value is -3.21. The third-order valence-electron chi connectivity index (χ3n) is 8.34. The van der Waals surface area contributed by atoms with Crippen LogP contribution < -0.4 is 10.6 Å². The highest BCUT2D eigenvalue weighted by Crippen LogP contribution is 2.44. The molecular formula is C26H33F2N9. The van der Waals surface area contributed by atoms with Gasteiger partial charge in [0.2, 0.25) is 5.95 Å². The van der Waals surface area contributed by atoms with E-state index in [9.17, 15) is 4.39 Å². The molecule has 196 valence electrons. The smallest absolute Gasteiger partial charge is 0.229 e. The zero-order chi connectivity index (χ0) is 25.9. The van der Waals surface area contributed by atoms with Crippen molar-refractivity contribution in [1.29, 1.82) is 0 Å². The molecule has 3 fully saturated rings. The van der Waals surface area contributed by atoms with E-state index in [0.717, 1.165) is 44.0 Å². The maximum Gasteiger partial charge on any atom is 0.229 e. The molecule has 11 heteroatoms. The Morgan fingerprint density at radius 3 is 2.65 bits per heavy atom. The molecule has 2 N–H and O–H groups in total. The molecule has 3 aromatic rings. The Bertz CT molecular complexity index is 1320. The number of hydrogen-bond acceptors (Lipinski definition) is 8. The average molecular weight is 510 g/mol. The van der Waals surface area contributed by atoms with Gasteiger partial charge in [0.05, 0.1) is 17.6 Å². The number of halogens is 2. The fraction of sp³-hybridized carbons (Fsp3) is 0.577. The first-order chi connectivity index (χ1) is 17.7. The molecule has 9 nitrogen and oxygen atoms in total. The van der Waals surface area contributed by atoms with E-state index in [4.69, 9.17) is 0 Å². The lowest BCUT2D eigenvalue weighted by Gasteiger charge is -2.51. The molecule has 1 aliphatic carbocycles. The van der Waals surface area contributed by atoms with Crippen LogP contribution in [-0.2, 0) is 0 Å². The normalized spacial score (nSPS) is 25.2.